The summed E-state index contributed by atoms with van der Waals surface area (Å²) in [6, 6.07) is 24.4. The SMILES string of the molecule is Cc1cc2c(c(C)c1N1c3cc(C(C)(C)C)cc4c3B(c3cc5c(cc3N4c3ccc4c(c3)OCCCO4)OCCCO5)c3oc4ccc(C(C)(C)C)cc4c31)OCCCO2. The second-order valence-corrected chi connectivity index (χ2v) is 19.2. The fraction of sp³-hybridized carbons (Fsp3) is 0.373. The van der Waals surface area contributed by atoms with E-state index in [1.54, 1.807) is 0 Å². The van der Waals surface area contributed by atoms with E-state index < -0.39 is 0 Å². The van der Waals surface area contributed by atoms with Crippen molar-refractivity contribution in [3.8, 4) is 34.5 Å². The van der Waals surface area contributed by atoms with Gasteiger partial charge in [0, 0.05) is 59.4 Å². The van der Waals surface area contributed by atoms with Gasteiger partial charge < -0.3 is 42.6 Å². The maximum Gasteiger partial charge on any atom is 0.297 e. The number of benzene rings is 5. The lowest BCUT2D eigenvalue weighted by Gasteiger charge is -2.44. The highest BCUT2D eigenvalue weighted by Gasteiger charge is 2.49. The van der Waals surface area contributed by atoms with Crippen molar-refractivity contribution in [2.24, 2.45) is 0 Å². The molecule has 0 amide bonds. The van der Waals surface area contributed by atoms with Crippen LogP contribution in [-0.2, 0) is 10.8 Å². The van der Waals surface area contributed by atoms with Crippen LogP contribution in [0.4, 0.5) is 34.1 Å². The molecule has 6 aromatic rings. The van der Waals surface area contributed by atoms with Gasteiger partial charge in [-0.2, -0.15) is 0 Å². The fourth-order valence-corrected chi connectivity index (χ4v) is 9.80. The van der Waals surface area contributed by atoms with Crippen molar-refractivity contribution in [2.45, 2.75) is 85.5 Å². The molecule has 9 nitrogen and oxygen atoms in total. The van der Waals surface area contributed by atoms with Crippen LogP contribution >= 0.6 is 0 Å². The predicted octanol–water partition coefficient (Wildman–Crippen LogP) is 10.2. The number of fused-ring (bicyclic) bond motifs is 9. The van der Waals surface area contributed by atoms with E-state index in [-0.39, 0.29) is 17.5 Å². The highest BCUT2D eigenvalue weighted by atomic mass is 16.5. The van der Waals surface area contributed by atoms with Gasteiger partial charge in [-0.3, -0.25) is 0 Å². The van der Waals surface area contributed by atoms with E-state index in [9.17, 15) is 0 Å². The molecule has 0 N–H and O–H groups in total. The number of aryl methyl sites for hydroxylation is 1. The Hall–Kier alpha value is -5.90. The maximum absolute atomic E-state index is 7.30. The topological polar surface area (TPSA) is 75.0 Å². The molecule has 0 saturated carbocycles. The van der Waals surface area contributed by atoms with Crippen LogP contribution in [-0.4, -0.2) is 46.4 Å². The van der Waals surface area contributed by atoms with Crippen molar-refractivity contribution in [1.82, 2.24) is 0 Å². The molecule has 0 aliphatic carbocycles. The first-order valence-electron chi connectivity index (χ1n) is 21.9. The van der Waals surface area contributed by atoms with Crippen LogP contribution in [0.5, 0.6) is 34.5 Å². The van der Waals surface area contributed by atoms with Crippen molar-refractivity contribution in [1.29, 1.82) is 0 Å². The van der Waals surface area contributed by atoms with Gasteiger partial charge in [0.2, 0.25) is 0 Å². The lowest BCUT2D eigenvalue weighted by Crippen LogP contribution is -2.61. The third-order valence-electron chi connectivity index (χ3n) is 12.9. The van der Waals surface area contributed by atoms with Gasteiger partial charge in [0.05, 0.1) is 62.4 Å². The number of furan rings is 1. The molecule has 0 fully saturated rings. The molecule has 0 bridgehead atoms. The van der Waals surface area contributed by atoms with Gasteiger partial charge in [-0.05, 0) is 101 Å². The molecule has 312 valence electrons. The highest BCUT2D eigenvalue weighted by molar-refractivity contribution is 7.00. The zero-order chi connectivity index (χ0) is 41.9. The monoisotopic (exact) mass is 816 g/mol. The van der Waals surface area contributed by atoms with Crippen LogP contribution in [0.15, 0.2) is 71.1 Å². The van der Waals surface area contributed by atoms with Gasteiger partial charge in [-0.25, -0.2) is 0 Å². The Balaban J connectivity index is 1.28. The Morgan fingerprint density at radius 1 is 0.525 bits per heavy atom. The molecule has 1 aromatic heterocycles. The van der Waals surface area contributed by atoms with Gasteiger partial charge in [0.15, 0.2) is 34.5 Å². The zero-order valence-corrected chi connectivity index (χ0v) is 36.5. The van der Waals surface area contributed by atoms with Crippen LogP contribution < -0.4 is 54.8 Å². The third kappa shape index (κ3) is 6.03. The quantitative estimate of drug-likeness (QED) is 0.159. The molecule has 11 rings (SSSR count). The lowest BCUT2D eigenvalue weighted by molar-refractivity contribution is 0.296. The van der Waals surface area contributed by atoms with E-state index in [4.69, 9.17) is 32.8 Å². The number of anilines is 6. The zero-order valence-electron chi connectivity index (χ0n) is 36.5. The van der Waals surface area contributed by atoms with E-state index in [1.807, 2.05) is 6.07 Å². The summed E-state index contributed by atoms with van der Waals surface area (Å²) in [6.07, 6.45) is 2.46. The van der Waals surface area contributed by atoms with Gasteiger partial charge in [-0.15, -0.1) is 0 Å². The third-order valence-corrected chi connectivity index (χ3v) is 12.9. The minimum Gasteiger partial charge on any atom is -0.490 e. The lowest BCUT2D eigenvalue weighted by atomic mass is 9.35. The summed E-state index contributed by atoms with van der Waals surface area (Å²) in [5, 5.41) is 1.07. The van der Waals surface area contributed by atoms with Crippen molar-refractivity contribution < 1.29 is 32.8 Å². The predicted molar refractivity (Wildman–Crippen MR) is 244 cm³/mol. The molecular weight excluding hydrogens is 763 g/mol. The minimum absolute atomic E-state index is 0.0844. The summed E-state index contributed by atoms with van der Waals surface area (Å²) in [7, 11) is 0. The van der Waals surface area contributed by atoms with Crippen LogP contribution in [0.25, 0.3) is 11.0 Å². The van der Waals surface area contributed by atoms with Crippen molar-refractivity contribution >= 4 is 68.4 Å². The Morgan fingerprint density at radius 3 is 1.82 bits per heavy atom. The molecule has 5 aliphatic rings. The van der Waals surface area contributed by atoms with Crippen LogP contribution in [0.2, 0.25) is 0 Å². The Bertz CT molecular complexity index is 2780. The van der Waals surface area contributed by atoms with Crippen LogP contribution in [0.1, 0.15) is 83.1 Å². The second kappa shape index (κ2) is 13.8. The fourth-order valence-electron chi connectivity index (χ4n) is 9.80. The van der Waals surface area contributed by atoms with E-state index in [1.165, 1.54) is 11.1 Å². The molecule has 0 radical (unpaired) electrons. The molecular formula is C51H53BN2O7. The number of nitrogens with zero attached hydrogens (tertiary/aromatic N) is 2. The van der Waals surface area contributed by atoms with Crippen LogP contribution in [0.3, 0.4) is 0 Å². The highest BCUT2D eigenvalue weighted by Crippen LogP contribution is 2.53. The molecule has 5 aliphatic heterocycles. The Kier molecular flexibility index (Phi) is 8.62. The second-order valence-electron chi connectivity index (χ2n) is 19.2. The van der Waals surface area contributed by atoms with Crippen LogP contribution in [0, 0.1) is 13.8 Å². The standard InChI is InChI=1S/C51H53BN2O7/c1-29-22-44-48(60-21-11-20-59-44)30(2)46(29)54-38-25-32(51(6,7)8)24-37-45(38)52(49-47(54)34-23-31(50(3,4)5)12-14-39(34)61-49)35-27-42-43(58-19-10-18-57-42)28-36(35)53(37)33-13-15-40-41(26-33)56-17-9-16-55-40/h12-15,22-28H,9-11,16-21H2,1-8H3. The molecule has 0 unspecified atom stereocenters. The van der Waals surface area contributed by atoms with Gasteiger partial charge in [-0.1, -0.05) is 47.6 Å². The molecule has 5 aromatic carbocycles. The van der Waals surface area contributed by atoms with Gasteiger partial charge in [0.25, 0.3) is 6.71 Å². The number of ether oxygens (including phenoxy) is 6. The molecule has 6 heterocycles. The first-order chi connectivity index (χ1) is 29.3. The van der Waals surface area contributed by atoms with Crippen molar-refractivity contribution in [3.05, 3.63) is 89.0 Å². The normalized spacial score (nSPS) is 16.6. The molecule has 0 saturated heterocycles. The van der Waals surface area contributed by atoms with Gasteiger partial charge in [0.1, 0.15) is 5.58 Å². The van der Waals surface area contributed by atoms with Crippen molar-refractivity contribution in [2.75, 3.05) is 49.4 Å². The summed E-state index contributed by atoms with van der Waals surface area (Å²) in [6.45, 7) is 21.4. The average molecular weight is 817 g/mol. The Morgan fingerprint density at radius 2 is 1.13 bits per heavy atom. The number of rotatable bonds is 2. The first-order valence-corrected chi connectivity index (χ1v) is 21.9. The smallest absolute Gasteiger partial charge is 0.297 e. The summed E-state index contributed by atoms with van der Waals surface area (Å²) in [5.74, 6) is 4.57. The van der Waals surface area contributed by atoms with Crippen molar-refractivity contribution in [3.63, 3.8) is 0 Å². The van der Waals surface area contributed by atoms with E-state index in [2.05, 4.69) is 126 Å². The summed E-state index contributed by atoms with van der Waals surface area (Å²) >= 11 is 0. The Labute approximate surface area is 358 Å². The van der Waals surface area contributed by atoms with E-state index >= 15 is 0 Å². The first kappa shape index (κ1) is 38.1. The van der Waals surface area contributed by atoms with E-state index in [0.717, 1.165) is 127 Å². The number of hydrogen-bond donors (Lipinski definition) is 0. The molecule has 0 spiro atoms. The number of hydrogen-bond acceptors (Lipinski definition) is 9. The summed E-state index contributed by atoms with van der Waals surface area (Å²) in [4.78, 5) is 4.87. The molecule has 61 heavy (non-hydrogen) atoms. The molecule has 10 heteroatoms. The maximum atomic E-state index is 7.30. The average Bonchev–Trinajstić information content (AvgIpc) is 3.48. The minimum atomic E-state index is -0.277. The summed E-state index contributed by atoms with van der Waals surface area (Å²) < 4.78 is 45.6. The largest absolute Gasteiger partial charge is 0.490 e. The van der Waals surface area contributed by atoms with E-state index in [0.29, 0.717) is 39.6 Å². The summed E-state index contributed by atoms with van der Waals surface area (Å²) in [5.41, 5.74) is 14.5. The molecule has 0 atom stereocenters. The van der Waals surface area contributed by atoms with Gasteiger partial charge >= 0.3 is 0 Å².